The predicted octanol–water partition coefficient (Wildman–Crippen LogP) is 2.85. The summed E-state index contributed by atoms with van der Waals surface area (Å²) < 4.78 is 0. The molecule has 102 valence electrons. The molecule has 1 heterocycles. The summed E-state index contributed by atoms with van der Waals surface area (Å²) in [6, 6.07) is 3.82. The van der Waals surface area contributed by atoms with Gasteiger partial charge in [-0.25, -0.2) is 0 Å². The highest BCUT2D eigenvalue weighted by molar-refractivity contribution is 6.42. The molecule has 3 rings (SSSR count). The van der Waals surface area contributed by atoms with Crippen molar-refractivity contribution in [2.45, 2.75) is 37.8 Å². The molecule has 19 heavy (non-hydrogen) atoms. The van der Waals surface area contributed by atoms with Gasteiger partial charge in [-0.1, -0.05) is 29.3 Å². The fourth-order valence-electron chi connectivity index (χ4n) is 2.96. The van der Waals surface area contributed by atoms with Crippen molar-refractivity contribution in [3.63, 3.8) is 0 Å². The van der Waals surface area contributed by atoms with E-state index in [2.05, 4.69) is 10.6 Å². The van der Waals surface area contributed by atoms with E-state index in [1.54, 1.807) is 6.07 Å². The molecule has 0 radical (unpaired) electrons. The Kier molecular flexibility index (Phi) is 3.70. The lowest BCUT2D eigenvalue weighted by atomic mass is 10.1. The molecule has 1 fully saturated rings. The summed E-state index contributed by atoms with van der Waals surface area (Å²) in [7, 11) is 0. The minimum Gasteiger partial charge on any atom is -0.348 e. The van der Waals surface area contributed by atoms with Crippen LogP contribution in [0.25, 0.3) is 0 Å². The molecule has 2 N–H and O–H groups in total. The van der Waals surface area contributed by atoms with Crippen LogP contribution in [0.2, 0.25) is 10.0 Å². The van der Waals surface area contributed by atoms with Crippen molar-refractivity contribution in [3.8, 4) is 0 Å². The van der Waals surface area contributed by atoms with Crippen molar-refractivity contribution in [2.24, 2.45) is 0 Å². The number of nitrogens with one attached hydrogen (secondary N) is 2. The molecule has 1 saturated heterocycles. The van der Waals surface area contributed by atoms with Crippen molar-refractivity contribution < 1.29 is 4.79 Å². The van der Waals surface area contributed by atoms with Crippen molar-refractivity contribution in [2.75, 3.05) is 6.54 Å². The maximum absolute atomic E-state index is 12.1. The van der Waals surface area contributed by atoms with Crippen molar-refractivity contribution in [1.82, 2.24) is 10.6 Å². The van der Waals surface area contributed by atoms with Gasteiger partial charge >= 0.3 is 0 Å². The Morgan fingerprint density at radius 1 is 1.32 bits per heavy atom. The van der Waals surface area contributed by atoms with Crippen LogP contribution in [0.15, 0.2) is 12.1 Å². The Balaban J connectivity index is 1.75. The monoisotopic (exact) mass is 298 g/mol. The molecule has 1 aromatic carbocycles. The minimum atomic E-state index is -0.0353. The first-order chi connectivity index (χ1) is 9.16. The summed E-state index contributed by atoms with van der Waals surface area (Å²) in [4.78, 5) is 12.1. The van der Waals surface area contributed by atoms with Crippen LogP contribution in [0.5, 0.6) is 0 Å². The van der Waals surface area contributed by atoms with Gasteiger partial charge < -0.3 is 10.6 Å². The standard InChI is InChI=1S/C14H16Cl2N2O/c15-10-5-3-8-9(13(10)16)4-6-11(8)18-14(19)12-2-1-7-17-12/h3,5,11-12,17H,1-2,4,6-7H2,(H,18,19). The van der Waals surface area contributed by atoms with Gasteiger partial charge in [-0.3, -0.25) is 4.79 Å². The van der Waals surface area contributed by atoms with Crippen molar-refractivity contribution >= 4 is 29.1 Å². The summed E-state index contributed by atoms with van der Waals surface area (Å²) in [6.07, 6.45) is 3.76. The molecule has 2 atom stereocenters. The van der Waals surface area contributed by atoms with Gasteiger partial charge in [0, 0.05) is 0 Å². The number of rotatable bonds is 2. The Morgan fingerprint density at radius 3 is 2.89 bits per heavy atom. The van der Waals surface area contributed by atoms with E-state index in [4.69, 9.17) is 23.2 Å². The molecule has 1 aliphatic heterocycles. The molecule has 2 aliphatic rings. The number of hydrogen-bond donors (Lipinski definition) is 2. The third kappa shape index (κ3) is 2.47. The van der Waals surface area contributed by atoms with Crippen molar-refractivity contribution in [1.29, 1.82) is 0 Å². The quantitative estimate of drug-likeness (QED) is 0.881. The van der Waals surface area contributed by atoms with Crippen LogP contribution in [0.4, 0.5) is 0 Å². The second kappa shape index (κ2) is 5.31. The zero-order chi connectivity index (χ0) is 13.4. The first-order valence-corrected chi connectivity index (χ1v) is 7.43. The number of benzene rings is 1. The lowest BCUT2D eigenvalue weighted by Crippen LogP contribution is -2.41. The van der Waals surface area contributed by atoms with Crippen LogP contribution in [0, 0.1) is 0 Å². The van der Waals surface area contributed by atoms with Gasteiger partial charge in [0.15, 0.2) is 0 Å². The second-order valence-electron chi connectivity index (χ2n) is 5.18. The summed E-state index contributed by atoms with van der Waals surface area (Å²) >= 11 is 12.2. The van der Waals surface area contributed by atoms with E-state index in [1.807, 2.05) is 6.07 Å². The van der Waals surface area contributed by atoms with Gasteiger partial charge in [0.25, 0.3) is 0 Å². The average molecular weight is 299 g/mol. The van der Waals surface area contributed by atoms with Gasteiger partial charge in [0.05, 0.1) is 22.1 Å². The molecule has 0 aromatic heterocycles. The van der Waals surface area contributed by atoms with Crippen LogP contribution >= 0.6 is 23.2 Å². The maximum atomic E-state index is 12.1. The van der Waals surface area contributed by atoms with Gasteiger partial charge in [0.2, 0.25) is 5.91 Å². The van der Waals surface area contributed by atoms with Crippen molar-refractivity contribution in [3.05, 3.63) is 33.3 Å². The number of hydrogen-bond acceptors (Lipinski definition) is 2. The lowest BCUT2D eigenvalue weighted by molar-refractivity contribution is -0.123. The Labute approximate surface area is 122 Å². The second-order valence-corrected chi connectivity index (χ2v) is 5.96. The zero-order valence-electron chi connectivity index (χ0n) is 10.5. The predicted molar refractivity (Wildman–Crippen MR) is 76.7 cm³/mol. The van der Waals surface area contributed by atoms with E-state index in [0.717, 1.165) is 43.4 Å². The van der Waals surface area contributed by atoms with Crippen LogP contribution in [0.1, 0.15) is 36.4 Å². The van der Waals surface area contributed by atoms with E-state index < -0.39 is 0 Å². The van der Waals surface area contributed by atoms with Crippen LogP contribution in [-0.2, 0) is 11.2 Å². The Bertz CT molecular complexity index is 512. The molecule has 1 aliphatic carbocycles. The SMILES string of the molecule is O=C(NC1CCc2c1ccc(Cl)c2Cl)C1CCCN1. The maximum Gasteiger partial charge on any atom is 0.237 e. The van der Waals surface area contributed by atoms with E-state index in [-0.39, 0.29) is 18.0 Å². The van der Waals surface area contributed by atoms with Crippen LogP contribution < -0.4 is 10.6 Å². The van der Waals surface area contributed by atoms with Gasteiger partial charge in [-0.05, 0) is 49.4 Å². The van der Waals surface area contributed by atoms with E-state index >= 15 is 0 Å². The molecule has 0 saturated carbocycles. The number of halogens is 2. The van der Waals surface area contributed by atoms with Gasteiger partial charge in [-0.15, -0.1) is 0 Å². The highest BCUT2D eigenvalue weighted by atomic mass is 35.5. The number of carbonyl (C=O) groups is 1. The highest BCUT2D eigenvalue weighted by Gasteiger charge is 2.29. The summed E-state index contributed by atoms with van der Waals surface area (Å²) in [5.74, 6) is 0.0985. The molecular weight excluding hydrogens is 283 g/mol. The molecule has 3 nitrogen and oxygen atoms in total. The lowest BCUT2D eigenvalue weighted by Gasteiger charge is -2.17. The third-order valence-corrected chi connectivity index (χ3v) is 4.83. The summed E-state index contributed by atoms with van der Waals surface area (Å²) in [6.45, 7) is 0.931. The molecule has 1 aromatic rings. The molecule has 0 bridgehead atoms. The van der Waals surface area contributed by atoms with Gasteiger partial charge in [0.1, 0.15) is 0 Å². The van der Waals surface area contributed by atoms with E-state index in [1.165, 1.54) is 0 Å². The highest BCUT2D eigenvalue weighted by Crippen LogP contribution is 2.39. The smallest absolute Gasteiger partial charge is 0.237 e. The normalized spacial score (nSPS) is 25.4. The Hall–Kier alpha value is -0.770. The zero-order valence-corrected chi connectivity index (χ0v) is 12.0. The molecule has 5 heteroatoms. The largest absolute Gasteiger partial charge is 0.348 e. The number of carbonyl (C=O) groups excluding carboxylic acids is 1. The third-order valence-electron chi connectivity index (χ3n) is 3.98. The fourth-order valence-corrected chi connectivity index (χ4v) is 3.41. The van der Waals surface area contributed by atoms with Crippen LogP contribution in [-0.4, -0.2) is 18.5 Å². The van der Waals surface area contributed by atoms with E-state index in [9.17, 15) is 4.79 Å². The number of amides is 1. The number of fused-ring (bicyclic) bond motifs is 1. The molecule has 1 amide bonds. The summed E-state index contributed by atoms with van der Waals surface area (Å²) in [5.41, 5.74) is 2.19. The van der Waals surface area contributed by atoms with E-state index in [0.29, 0.717) is 10.0 Å². The first kappa shape index (κ1) is 13.2. The first-order valence-electron chi connectivity index (χ1n) is 6.67. The van der Waals surface area contributed by atoms with Crippen LogP contribution in [0.3, 0.4) is 0 Å². The molecule has 0 spiro atoms. The van der Waals surface area contributed by atoms with Gasteiger partial charge in [-0.2, -0.15) is 0 Å². The topological polar surface area (TPSA) is 41.1 Å². The average Bonchev–Trinajstić information content (AvgIpc) is 3.04. The minimum absolute atomic E-state index is 0.0353. The summed E-state index contributed by atoms with van der Waals surface area (Å²) in [5, 5.41) is 7.56. The molecule has 2 unspecified atom stereocenters. The molecular formula is C14H16Cl2N2O. The Morgan fingerprint density at radius 2 is 2.16 bits per heavy atom. The fraction of sp³-hybridized carbons (Fsp3) is 0.500.